The monoisotopic (exact) mass is 795 g/mol. The molecule has 1 unspecified atom stereocenters. The summed E-state index contributed by atoms with van der Waals surface area (Å²) >= 11 is 0. The van der Waals surface area contributed by atoms with Crippen LogP contribution in [-0.2, 0) is 6.54 Å². The van der Waals surface area contributed by atoms with Crippen molar-refractivity contribution >= 4 is 52.7 Å². The molecule has 4 heterocycles. The number of aromatic carboxylic acids is 1. The van der Waals surface area contributed by atoms with Gasteiger partial charge in [0.1, 0.15) is 0 Å². The van der Waals surface area contributed by atoms with Crippen LogP contribution in [0, 0.1) is 0 Å². The molecule has 0 radical (unpaired) electrons. The first-order valence-electron chi connectivity index (χ1n) is 19.7. The van der Waals surface area contributed by atoms with Gasteiger partial charge in [0.25, 0.3) is 11.8 Å². The van der Waals surface area contributed by atoms with E-state index in [0.29, 0.717) is 71.6 Å². The lowest BCUT2D eigenvalue weighted by atomic mass is 10.0. The van der Waals surface area contributed by atoms with E-state index in [2.05, 4.69) is 34.6 Å². The van der Waals surface area contributed by atoms with Crippen LogP contribution in [-0.4, -0.2) is 91.7 Å². The normalized spacial score (nSPS) is 17.6. The zero-order chi connectivity index (χ0) is 41.0. The molecule has 0 bridgehead atoms. The summed E-state index contributed by atoms with van der Waals surface area (Å²) in [6, 6.07) is 21.5. The Bertz CT molecular complexity index is 2400. The highest BCUT2D eigenvalue weighted by Gasteiger charge is 2.35. The van der Waals surface area contributed by atoms with Gasteiger partial charge < -0.3 is 39.2 Å². The van der Waals surface area contributed by atoms with Crippen molar-refractivity contribution in [3.8, 4) is 23.0 Å². The van der Waals surface area contributed by atoms with Gasteiger partial charge in [-0.15, -0.1) is 0 Å². The fraction of sp³-hybridized carbons (Fsp3) is 0.283. The molecule has 4 aromatic carbocycles. The molecule has 302 valence electrons. The molecule has 2 N–H and O–H groups in total. The van der Waals surface area contributed by atoms with Crippen LogP contribution in [0.5, 0.6) is 23.0 Å². The molecule has 0 spiro atoms. The Morgan fingerprint density at radius 2 is 1.17 bits per heavy atom. The number of methoxy groups -OCH3 is 2. The number of carboxylic acids is 1. The topological polar surface area (TPSA) is 152 Å². The quantitative estimate of drug-likeness (QED) is 0.115. The van der Waals surface area contributed by atoms with Crippen molar-refractivity contribution in [3.63, 3.8) is 0 Å². The second kappa shape index (κ2) is 17.0. The predicted molar refractivity (Wildman–Crippen MR) is 225 cm³/mol. The number of fused-ring (bicyclic) bond motifs is 4. The van der Waals surface area contributed by atoms with Gasteiger partial charge in [-0.05, 0) is 78.4 Å². The van der Waals surface area contributed by atoms with Crippen LogP contribution in [0.25, 0.3) is 11.1 Å². The third-order valence-electron chi connectivity index (χ3n) is 10.9. The molecule has 4 aliphatic rings. The molecule has 13 heteroatoms. The Hall–Kier alpha value is -6.73. The zero-order valence-electron chi connectivity index (χ0n) is 33.1. The Balaban J connectivity index is 0.843. The third-order valence-corrected chi connectivity index (χ3v) is 10.9. The van der Waals surface area contributed by atoms with Gasteiger partial charge in [-0.25, -0.2) is 4.79 Å². The van der Waals surface area contributed by atoms with Gasteiger partial charge in [-0.2, -0.15) is 0 Å². The van der Waals surface area contributed by atoms with Gasteiger partial charge in [-0.1, -0.05) is 36.4 Å². The Labute approximate surface area is 342 Å². The number of carboxylic acid groups (broad SMARTS) is 1. The molecule has 4 aliphatic heterocycles. The summed E-state index contributed by atoms with van der Waals surface area (Å²) in [5, 5.41) is 12.4. The number of unbranched alkanes of at least 4 members (excludes halogenated alkanes) is 2. The smallest absolute Gasteiger partial charge is 0.335 e. The summed E-state index contributed by atoms with van der Waals surface area (Å²) in [4.78, 5) is 51.6. The van der Waals surface area contributed by atoms with E-state index in [-0.39, 0.29) is 29.5 Å². The van der Waals surface area contributed by atoms with E-state index in [1.807, 2.05) is 25.7 Å². The molecular formula is C46H45N5O8. The van der Waals surface area contributed by atoms with E-state index in [9.17, 15) is 19.5 Å². The summed E-state index contributed by atoms with van der Waals surface area (Å²) in [5.41, 5.74) is 7.28. The van der Waals surface area contributed by atoms with Crippen molar-refractivity contribution < 1.29 is 38.4 Å². The second-order valence-corrected chi connectivity index (χ2v) is 14.7. The first kappa shape index (κ1) is 39.1. The standard InChI is InChI=1S/C46H45N5O8/c1-47-23-28-7-9-29(10-8-28)32-17-34-24-48-38-21-42(40(56-2)19-36(38)44(52)50(34)26-32)58-15-5-4-6-16-59-43-22-39-37(20-41(43)57-3)45(53)51-27-33(18-35(51)25-49-39)30-11-13-31(14-12-30)46(54)55/h7-14,19-22,24-27,34-35,47H,4-6,15-18,23H2,1-3H3,(H,54,55)/t34?,35-/m0/s1. The summed E-state index contributed by atoms with van der Waals surface area (Å²) in [5.74, 6) is 0.609. The van der Waals surface area contributed by atoms with Crippen LogP contribution in [0.15, 0.2) is 95.2 Å². The minimum atomic E-state index is -0.987. The fourth-order valence-corrected chi connectivity index (χ4v) is 7.76. The molecule has 0 saturated heterocycles. The average Bonchev–Trinajstić information content (AvgIpc) is 3.83. The van der Waals surface area contributed by atoms with Crippen molar-refractivity contribution in [2.24, 2.45) is 9.98 Å². The van der Waals surface area contributed by atoms with E-state index < -0.39 is 5.97 Å². The molecule has 2 amide bonds. The number of carbonyl (C=O) groups excluding carboxylic acids is 2. The van der Waals surface area contributed by atoms with Crippen LogP contribution >= 0.6 is 0 Å². The van der Waals surface area contributed by atoms with Crippen molar-refractivity contribution in [2.75, 3.05) is 34.5 Å². The molecule has 4 aromatic rings. The summed E-state index contributed by atoms with van der Waals surface area (Å²) < 4.78 is 23.6. The van der Waals surface area contributed by atoms with Crippen LogP contribution in [0.1, 0.15) is 79.9 Å². The molecular weight excluding hydrogens is 751 g/mol. The zero-order valence-corrected chi connectivity index (χ0v) is 33.1. The van der Waals surface area contributed by atoms with Gasteiger partial charge in [0, 0.05) is 56.3 Å². The van der Waals surface area contributed by atoms with Crippen LogP contribution in [0.4, 0.5) is 11.4 Å². The number of hydrogen-bond donors (Lipinski definition) is 2. The van der Waals surface area contributed by atoms with Crippen molar-refractivity contribution in [2.45, 2.75) is 50.7 Å². The number of benzene rings is 4. The molecule has 8 rings (SSSR count). The highest BCUT2D eigenvalue weighted by atomic mass is 16.5. The fourth-order valence-electron chi connectivity index (χ4n) is 7.76. The number of ether oxygens (including phenoxy) is 4. The lowest BCUT2D eigenvalue weighted by Crippen LogP contribution is -2.32. The van der Waals surface area contributed by atoms with Crippen molar-refractivity contribution in [1.82, 2.24) is 15.1 Å². The SMILES string of the molecule is CNCc1ccc(C2=CN3C(=O)c4cc(OC)c(OCCCCCOc5cc6c(cc5OC)C(=O)N5C=C(c7ccc(C(=O)O)cc7)C[C@H]5C=N6)cc4N=CC3C2)cc1. The number of nitrogens with one attached hydrogen (secondary N) is 1. The van der Waals surface area contributed by atoms with Crippen LogP contribution < -0.4 is 24.3 Å². The molecule has 0 saturated carbocycles. The first-order chi connectivity index (χ1) is 28.7. The Morgan fingerprint density at radius 1 is 0.695 bits per heavy atom. The summed E-state index contributed by atoms with van der Waals surface area (Å²) in [6.45, 7) is 1.65. The predicted octanol–water partition coefficient (Wildman–Crippen LogP) is 7.69. The minimum absolute atomic E-state index is 0.131. The van der Waals surface area contributed by atoms with Crippen LogP contribution in [0.3, 0.4) is 0 Å². The molecule has 0 aliphatic carbocycles. The Kier molecular flexibility index (Phi) is 11.3. The van der Waals surface area contributed by atoms with Gasteiger partial charge in [0.05, 0.1) is 67.6 Å². The maximum atomic E-state index is 13.8. The second-order valence-electron chi connectivity index (χ2n) is 14.7. The summed E-state index contributed by atoms with van der Waals surface area (Å²) in [7, 11) is 5.02. The largest absolute Gasteiger partial charge is 0.493 e. The van der Waals surface area contributed by atoms with E-state index in [0.717, 1.165) is 48.1 Å². The van der Waals surface area contributed by atoms with Gasteiger partial charge in [0.2, 0.25) is 0 Å². The Morgan fingerprint density at radius 3 is 1.61 bits per heavy atom. The number of carbonyl (C=O) groups is 3. The highest BCUT2D eigenvalue weighted by molar-refractivity contribution is 6.06. The number of hydrogen-bond acceptors (Lipinski definition) is 10. The number of nitrogens with zero attached hydrogens (tertiary/aromatic N) is 4. The van der Waals surface area contributed by atoms with Gasteiger partial charge >= 0.3 is 5.97 Å². The van der Waals surface area contributed by atoms with E-state index >= 15 is 0 Å². The van der Waals surface area contributed by atoms with Gasteiger partial charge in [-0.3, -0.25) is 19.6 Å². The van der Waals surface area contributed by atoms with Crippen LogP contribution in [0.2, 0.25) is 0 Å². The average molecular weight is 796 g/mol. The third kappa shape index (κ3) is 8.06. The number of amides is 2. The number of aliphatic imine (C=N–C) groups is 2. The maximum Gasteiger partial charge on any atom is 0.335 e. The minimum Gasteiger partial charge on any atom is -0.493 e. The molecule has 13 nitrogen and oxygen atoms in total. The maximum absolute atomic E-state index is 13.8. The molecule has 59 heavy (non-hydrogen) atoms. The van der Waals surface area contributed by atoms with Crippen molar-refractivity contribution in [1.29, 1.82) is 0 Å². The van der Waals surface area contributed by atoms with E-state index in [1.54, 1.807) is 71.7 Å². The van der Waals surface area contributed by atoms with E-state index in [4.69, 9.17) is 23.9 Å². The lowest BCUT2D eigenvalue weighted by molar-refractivity contribution is 0.0695. The number of rotatable bonds is 15. The summed E-state index contributed by atoms with van der Waals surface area (Å²) in [6.07, 6.45) is 10.9. The first-order valence-corrected chi connectivity index (χ1v) is 19.7. The van der Waals surface area contributed by atoms with Crippen molar-refractivity contribution in [3.05, 3.63) is 119 Å². The molecule has 2 atom stereocenters. The molecule has 0 aromatic heterocycles. The lowest BCUT2D eigenvalue weighted by Gasteiger charge is -2.19. The van der Waals surface area contributed by atoms with E-state index in [1.165, 1.54) is 12.7 Å². The molecule has 0 fully saturated rings. The van der Waals surface area contributed by atoms with Gasteiger partial charge in [0.15, 0.2) is 23.0 Å². The highest BCUT2D eigenvalue weighted by Crippen LogP contribution is 2.42.